The number of amides is 2. The Labute approximate surface area is 178 Å². The highest BCUT2D eigenvalue weighted by Gasteiger charge is 2.46. The van der Waals surface area contributed by atoms with Crippen molar-refractivity contribution in [3.8, 4) is 0 Å². The molecular formula is C20H27F3N4O4. The average molecular weight is 444 g/mol. The smallest absolute Gasteiger partial charge is 0.475 e. The van der Waals surface area contributed by atoms with Crippen molar-refractivity contribution in [3.05, 3.63) is 30.1 Å². The van der Waals surface area contributed by atoms with Gasteiger partial charge in [0.05, 0.1) is 5.69 Å². The van der Waals surface area contributed by atoms with Gasteiger partial charge in [0.2, 0.25) is 11.8 Å². The van der Waals surface area contributed by atoms with Crippen molar-refractivity contribution in [2.45, 2.75) is 33.0 Å². The molecule has 1 unspecified atom stereocenters. The number of aromatic nitrogens is 1. The van der Waals surface area contributed by atoms with E-state index < -0.39 is 12.1 Å². The summed E-state index contributed by atoms with van der Waals surface area (Å²) in [5, 5.41) is 7.12. The van der Waals surface area contributed by atoms with Crippen LogP contribution in [0.25, 0.3) is 0 Å². The zero-order chi connectivity index (χ0) is 23.2. The molecular weight excluding hydrogens is 417 g/mol. The summed E-state index contributed by atoms with van der Waals surface area (Å²) < 4.78 is 31.7. The number of carbonyl (C=O) groups is 3. The Balaban J connectivity index is 0.000000423. The molecule has 172 valence electrons. The van der Waals surface area contributed by atoms with Crippen LogP contribution in [0.2, 0.25) is 0 Å². The minimum absolute atomic E-state index is 0.0939. The summed E-state index contributed by atoms with van der Waals surface area (Å²) in [4.78, 5) is 43.8. The van der Waals surface area contributed by atoms with Gasteiger partial charge in [0.1, 0.15) is 0 Å². The van der Waals surface area contributed by atoms with Gasteiger partial charge in [-0.2, -0.15) is 13.2 Å². The summed E-state index contributed by atoms with van der Waals surface area (Å²) in [6.45, 7) is 8.90. The van der Waals surface area contributed by atoms with Crippen LogP contribution in [0.5, 0.6) is 0 Å². The Kier molecular flexibility index (Phi) is 7.99. The minimum atomic E-state index is -5.08. The molecule has 3 rings (SSSR count). The molecule has 1 N–H and O–H groups in total. The number of carboxylic acids is 1. The molecule has 0 bridgehead atoms. The standard InChI is InChI=1S/C18H26N4O2.C2HF3O2/c1-3-21-13-18(10-17(21)24)12-20(8-9-22(14-18)15(2)23)11-16-6-4-5-7-19-16;3-2(4,5)1(6)7/h4-7H,3,8-14H2,1-2H3;(H,6,7). The first-order chi connectivity index (χ1) is 14.5. The quantitative estimate of drug-likeness (QED) is 0.762. The van der Waals surface area contributed by atoms with E-state index in [-0.39, 0.29) is 17.2 Å². The number of rotatable bonds is 3. The highest BCUT2D eigenvalue weighted by Crippen LogP contribution is 2.35. The number of nitrogens with zero attached hydrogens (tertiary/aromatic N) is 4. The Morgan fingerprint density at radius 1 is 1.19 bits per heavy atom. The minimum Gasteiger partial charge on any atom is -0.475 e. The van der Waals surface area contributed by atoms with Crippen LogP contribution in [0.3, 0.4) is 0 Å². The van der Waals surface area contributed by atoms with E-state index >= 15 is 0 Å². The molecule has 1 aromatic rings. The number of likely N-dealkylation sites (tertiary alicyclic amines) is 1. The number of hydrogen-bond donors (Lipinski definition) is 1. The number of halogens is 3. The first kappa shape index (κ1) is 24.6. The largest absolute Gasteiger partial charge is 0.490 e. The molecule has 2 aliphatic rings. The van der Waals surface area contributed by atoms with Gasteiger partial charge in [-0.1, -0.05) is 6.07 Å². The second kappa shape index (κ2) is 10.1. The molecule has 0 aliphatic carbocycles. The maximum atomic E-state index is 12.3. The Hall–Kier alpha value is -2.69. The number of alkyl halides is 3. The molecule has 31 heavy (non-hydrogen) atoms. The van der Waals surface area contributed by atoms with Crippen LogP contribution in [0.1, 0.15) is 26.0 Å². The molecule has 8 nitrogen and oxygen atoms in total. The van der Waals surface area contributed by atoms with Gasteiger partial charge in [-0.05, 0) is 19.1 Å². The molecule has 0 saturated carbocycles. The van der Waals surface area contributed by atoms with Gasteiger partial charge in [0, 0.05) is 70.8 Å². The fourth-order valence-corrected chi connectivity index (χ4v) is 3.96. The third kappa shape index (κ3) is 6.91. The molecule has 3 heterocycles. The van der Waals surface area contributed by atoms with Crippen molar-refractivity contribution in [2.75, 3.05) is 39.3 Å². The second-order valence-electron chi connectivity index (χ2n) is 7.86. The highest BCUT2D eigenvalue weighted by atomic mass is 19.4. The second-order valence-corrected chi connectivity index (χ2v) is 7.86. The van der Waals surface area contributed by atoms with Crippen molar-refractivity contribution in [1.29, 1.82) is 0 Å². The number of aliphatic carboxylic acids is 1. The van der Waals surface area contributed by atoms with E-state index in [9.17, 15) is 22.8 Å². The van der Waals surface area contributed by atoms with Gasteiger partial charge in [0.25, 0.3) is 0 Å². The van der Waals surface area contributed by atoms with Crippen molar-refractivity contribution < 1.29 is 32.7 Å². The lowest BCUT2D eigenvalue weighted by molar-refractivity contribution is -0.192. The number of hydrogen-bond acceptors (Lipinski definition) is 5. The Morgan fingerprint density at radius 2 is 1.87 bits per heavy atom. The van der Waals surface area contributed by atoms with Crippen LogP contribution in [0, 0.1) is 5.41 Å². The van der Waals surface area contributed by atoms with Crippen LogP contribution in [-0.2, 0) is 20.9 Å². The lowest BCUT2D eigenvalue weighted by Crippen LogP contribution is -2.44. The lowest BCUT2D eigenvalue weighted by Gasteiger charge is -2.33. The number of pyridine rings is 1. The fraction of sp³-hybridized carbons (Fsp3) is 0.600. The zero-order valence-corrected chi connectivity index (χ0v) is 17.6. The van der Waals surface area contributed by atoms with Gasteiger partial charge in [-0.25, -0.2) is 4.79 Å². The number of carbonyl (C=O) groups excluding carboxylic acids is 2. The molecule has 2 saturated heterocycles. The van der Waals surface area contributed by atoms with Crippen LogP contribution >= 0.6 is 0 Å². The van der Waals surface area contributed by atoms with Crippen LogP contribution in [-0.4, -0.2) is 88.0 Å². The normalized spacial score (nSPS) is 22.2. The van der Waals surface area contributed by atoms with Gasteiger partial charge in [0.15, 0.2) is 0 Å². The summed E-state index contributed by atoms with van der Waals surface area (Å²) in [5.41, 5.74) is 0.866. The Morgan fingerprint density at radius 3 is 2.35 bits per heavy atom. The van der Waals surface area contributed by atoms with Gasteiger partial charge in [-0.15, -0.1) is 0 Å². The van der Waals surface area contributed by atoms with E-state index in [0.29, 0.717) is 19.5 Å². The summed E-state index contributed by atoms with van der Waals surface area (Å²) >= 11 is 0. The molecule has 0 aromatic carbocycles. The molecule has 1 aromatic heterocycles. The average Bonchev–Trinajstić information content (AvgIpc) is 2.88. The predicted octanol–water partition coefficient (Wildman–Crippen LogP) is 1.62. The predicted molar refractivity (Wildman–Crippen MR) is 105 cm³/mol. The molecule has 2 fully saturated rings. The van der Waals surface area contributed by atoms with E-state index in [1.54, 1.807) is 6.92 Å². The van der Waals surface area contributed by atoms with E-state index in [1.165, 1.54) is 0 Å². The Bertz CT molecular complexity index is 790. The third-order valence-electron chi connectivity index (χ3n) is 5.36. The first-order valence-corrected chi connectivity index (χ1v) is 9.91. The fourth-order valence-electron chi connectivity index (χ4n) is 3.96. The van der Waals surface area contributed by atoms with Crippen LogP contribution in [0.15, 0.2) is 24.4 Å². The molecule has 11 heteroatoms. The van der Waals surface area contributed by atoms with Gasteiger partial charge in [-0.3, -0.25) is 19.5 Å². The molecule has 2 aliphatic heterocycles. The molecule has 1 atom stereocenters. The van der Waals surface area contributed by atoms with Crippen molar-refractivity contribution >= 4 is 17.8 Å². The summed E-state index contributed by atoms with van der Waals surface area (Å²) in [6.07, 6.45) is -2.74. The third-order valence-corrected chi connectivity index (χ3v) is 5.36. The summed E-state index contributed by atoms with van der Waals surface area (Å²) in [7, 11) is 0. The molecule has 1 spiro atoms. The van der Waals surface area contributed by atoms with E-state index in [1.807, 2.05) is 41.1 Å². The first-order valence-electron chi connectivity index (χ1n) is 9.91. The van der Waals surface area contributed by atoms with E-state index in [2.05, 4.69) is 9.88 Å². The monoisotopic (exact) mass is 444 g/mol. The van der Waals surface area contributed by atoms with Crippen LogP contribution < -0.4 is 0 Å². The van der Waals surface area contributed by atoms with E-state index in [0.717, 1.165) is 38.4 Å². The SMILES string of the molecule is CCN1CC2(CC1=O)CN(Cc1ccccn1)CCN(C(C)=O)C2.O=C(O)C(F)(F)F. The lowest BCUT2D eigenvalue weighted by atomic mass is 9.86. The maximum Gasteiger partial charge on any atom is 0.490 e. The number of carboxylic acid groups (broad SMARTS) is 1. The van der Waals surface area contributed by atoms with Crippen molar-refractivity contribution in [3.63, 3.8) is 0 Å². The molecule has 0 radical (unpaired) electrons. The zero-order valence-electron chi connectivity index (χ0n) is 17.6. The van der Waals surface area contributed by atoms with E-state index in [4.69, 9.17) is 9.90 Å². The summed E-state index contributed by atoms with van der Waals surface area (Å²) in [6, 6.07) is 5.94. The van der Waals surface area contributed by atoms with Crippen molar-refractivity contribution in [2.24, 2.45) is 5.41 Å². The van der Waals surface area contributed by atoms with Crippen molar-refractivity contribution in [1.82, 2.24) is 19.7 Å². The summed E-state index contributed by atoms with van der Waals surface area (Å²) in [5.74, 6) is -2.45. The molecule has 2 amide bonds. The maximum absolute atomic E-state index is 12.3. The topological polar surface area (TPSA) is 94.1 Å². The van der Waals surface area contributed by atoms with Gasteiger partial charge < -0.3 is 14.9 Å². The highest BCUT2D eigenvalue weighted by molar-refractivity contribution is 5.80. The van der Waals surface area contributed by atoms with Gasteiger partial charge >= 0.3 is 12.1 Å². The van der Waals surface area contributed by atoms with Crippen LogP contribution in [0.4, 0.5) is 13.2 Å².